The molecule has 0 aromatic heterocycles. The molecule has 0 radical (unpaired) electrons. The predicted octanol–water partition coefficient (Wildman–Crippen LogP) is 3.06. The van der Waals surface area contributed by atoms with Crippen molar-refractivity contribution in [3.8, 4) is 0 Å². The van der Waals surface area contributed by atoms with E-state index in [0.717, 1.165) is 6.42 Å². The summed E-state index contributed by atoms with van der Waals surface area (Å²) in [6, 6.07) is 0. The largest absolute Gasteiger partial charge is 0.385 e. The number of hydrogen-bond donors (Lipinski definition) is 1. The van der Waals surface area contributed by atoms with E-state index in [-0.39, 0.29) is 0 Å². The Labute approximate surface area is 81.2 Å². The summed E-state index contributed by atoms with van der Waals surface area (Å²) < 4.78 is 0. The minimum atomic E-state index is -0.631. The lowest BCUT2D eigenvalue weighted by atomic mass is 9.77. The van der Waals surface area contributed by atoms with Gasteiger partial charge in [0.25, 0.3) is 0 Å². The first kappa shape index (κ1) is 10.5. The molecule has 1 nitrogen and oxygen atoms in total. The molecule has 74 valence electrons. The Kier molecular flexibility index (Phi) is 3.32. The Bertz CT molecular complexity index is 223. The first-order chi connectivity index (χ1) is 6.08. The van der Waals surface area contributed by atoms with Crippen LogP contribution in [0.15, 0.2) is 23.8 Å². The molecule has 13 heavy (non-hydrogen) atoms. The minimum absolute atomic E-state index is 0.317. The van der Waals surface area contributed by atoms with Crippen molar-refractivity contribution in [3.63, 3.8) is 0 Å². The molecule has 0 fully saturated rings. The zero-order chi connectivity index (χ0) is 9.90. The molecule has 0 bridgehead atoms. The molecule has 0 aromatic carbocycles. The fourth-order valence-corrected chi connectivity index (χ4v) is 2.02. The van der Waals surface area contributed by atoms with Gasteiger partial charge in [-0.15, -0.1) is 0 Å². The summed E-state index contributed by atoms with van der Waals surface area (Å²) >= 11 is 0. The van der Waals surface area contributed by atoms with Crippen molar-refractivity contribution in [2.24, 2.45) is 5.92 Å². The lowest BCUT2D eigenvalue weighted by molar-refractivity contribution is 0.0556. The Morgan fingerprint density at radius 2 is 2.23 bits per heavy atom. The molecule has 0 spiro atoms. The van der Waals surface area contributed by atoms with Crippen molar-refractivity contribution in [2.75, 3.05) is 0 Å². The zero-order valence-corrected chi connectivity index (χ0v) is 8.88. The van der Waals surface area contributed by atoms with Crippen LogP contribution in [0.2, 0.25) is 0 Å². The summed E-state index contributed by atoms with van der Waals surface area (Å²) in [6.45, 7) is 6.20. The van der Waals surface area contributed by atoms with E-state index in [1.165, 1.54) is 18.4 Å². The molecule has 0 saturated heterocycles. The third-order valence-electron chi connectivity index (χ3n) is 2.89. The summed E-state index contributed by atoms with van der Waals surface area (Å²) in [4.78, 5) is 0. The summed E-state index contributed by atoms with van der Waals surface area (Å²) in [5, 5.41) is 10.1. The molecule has 1 aliphatic rings. The van der Waals surface area contributed by atoms with E-state index in [9.17, 15) is 5.11 Å². The average Bonchev–Trinajstić information content (AvgIpc) is 2.02. The molecule has 1 rings (SSSR count). The monoisotopic (exact) mass is 180 g/mol. The quantitative estimate of drug-likeness (QED) is 0.707. The van der Waals surface area contributed by atoms with E-state index in [1.54, 1.807) is 0 Å². The molecule has 1 N–H and O–H groups in total. The van der Waals surface area contributed by atoms with Gasteiger partial charge in [-0.3, -0.25) is 0 Å². The number of unbranched alkanes of at least 4 members (excludes halogenated alkanes) is 1. The van der Waals surface area contributed by atoms with E-state index < -0.39 is 5.60 Å². The van der Waals surface area contributed by atoms with Crippen LogP contribution in [-0.2, 0) is 0 Å². The van der Waals surface area contributed by atoms with E-state index in [2.05, 4.69) is 19.9 Å². The van der Waals surface area contributed by atoms with Crippen molar-refractivity contribution in [1.29, 1.82) is 0 Å². The van der Waals surface area contributed by atoms with Gasteiger partial charge in [0.2, 0.25) is 0 Å². The molecule has 0 saturated carbocycles. The van der Waals surface area contributed by atoms with Crippen LogP contribution in [0.5, 0.6) is 0 Å². The Balaban J connectivity index is 2.68. The number of hydrogen-bond acceptors (Lipinski definition) is 1. The smallest absolute Gasteiger partial charge is 0.0867 e. The topological polar surface area (TPSA) is 20.2 Å². The highest BCUT2D eigenvalue weighted by Gasteiger charge is 2.31. The maximum Gasteiger partial charge on any atom is 0.0867 e. The van der Waals surface area contributed by atoms with E-state index >= 15 is 0 Å². The second kappa shape index (κ2) is 4.10. The second-order valence-electron chi connectivity index (χ2n) is 4.19. The Hall–Kier alpha value is -0.560. The third-order valence-corrected chi connectivity index (χ3v) is 2.89. The van der Waals surface area contributed by atoms with Gasteiger partial charge in [-0.2, -0.15) is 0 Å². The first-order valence-electron chi connectivity index (χ1n) is 5.16. The van der Waals surface area contributed by atoms with Gasteiger partial charge in [-0.05, 0) is 20.3 Å². The Morgan fingerprint density at radius 1 is 1.54 bits per heavy atom. The van der Waals surface area contributed by atoms with Crippen molar-refractivity contribution >= 4 is 0 Å². The van der Waals surface area contributed by atoms with Crippen molar-refractivity contribution in [1.82, 2.24) is 0 Å². The number of allylic oxidation sites excluding steroid dienone is 2. The molecule has 1 aliphatic carbocycles. The molecule has 2 atom stereocenters. The minimum Gasteiger partial charge on any atom is -0.385 e. The van der Waals surface area contributed by atoms with Crippen LogP contribution in [0.3, 0.4) is 0 Å². The van der Waals surface area contributed by atoms with Crippen LogP contribution in [0.25, 0.3) is 0 Å². The van der Waals surface area contributed by atoms with Gasteiger partial charge >= 0.3 is 0 Å². The third kappa shape index (κ3) is 2.44. The number of aliphatic hydroxyl groups is 1. The van der Waals surface area contributed by atoms with Gasteiger partial charge in [0.15, 0.2) is 0 Å². The van der Waals surface area contributed by atoms with Crippen molar-refractivity contribution < 1.29 is 5.11 Å². The van der Waals surface area contributed by atoms with Crippen LogP contribution in [-0.4, -0.2) is 10.7 Å². The highest BCUT2D eigenvalue weighted by atomic mass is 16.3. The fourth-order valence-electron chi connectivity index (χ4n) is 2.02. The predicted molar refractivity (Wildman–Crippen MR) is 56.5 cm³/mol. The van der Waals surface area contributed by atoms with Gasteiger partial charge < -0.3 is 5.11 Å². The summed E-state index contributed by atoms with van der Waals surface area (Å²) in [5.41, 5.74) is 0.675. The zero-order valence-electron chi connectivity index (χ0n) is 8.88. The lowest BCUT2D eigenvalue weighted by Gasteiger charge is -2.33. The standard InChI is InChI=1S/C12H20O/c1-4-5-8-11-10(2)7-6-9-12(11,3)13/h6-7,9,11,13H,4-5,8H2,1-3H3. The number of rotatable bonds is 3. The van der Waals surface area contributed by atoms with Gasteiger partial charge in [-0.1, -0.05) is 43.6 Å². The SMILES string of the molecule is CCCCC1C(C)=CC=CC1(C)O. The summed E-state index contributed by atoms with van der Waals surface area (Å²) in [7, 11) is 0. The second-order valence-corrected chi connectivity index (χ2v) is 4.19. The van der Waals surface area contributed by atoms with Crippen LogP contribution in [0.1, 0.15) is 40.0 Å². The van der Waals surface area contributed by atoms with Gasteiger partial charge in [-0.25, -0.2) is 0 Å². The van der Waals surface area contributed by atoms with Gasteiger partial charge in [0.1, 0.15) is 0 Å². The summed E-state index contributed by atoms with van der Waals surface area (Å²) in [6.07, 6.45) is 9.45. The molecule has 2 unspecified atom stereocenters. The maximum atomic E-state index is 10.1. The molecular weight excluding hydrogens is 160 g/mol. The molecule has 0 amide bonds. The molecule has 1 heteroatoms. The molecular formula is C12H20O. The molecule has 0 heterocycles. The van der Waals surface area contributed by atoms with Crippen LogP contribution in [0, 0.1) is 5.92 Å². The van der Waals surface area contributed by atoms with E-state index in [4.69, 9.17) is 0 Å². The maximum absolute atomic E-state index is 10.1. The van der Waals surface area contributed by atoms with Gasteiger partial charge in [0.05, 0.1) is 5.60 Å². The van der Waals surface area contributed by atoms with Crippen LogP contribution >= 0.6 is 0 Å². The highest BCUT2D eigenvalue weighted by molar-refractivity contribution is 5.26. The van der Waals surface area contributed by atoms with Crippen molar-refractivity contribution in [2.45, 2.75) is 45.6 Å². The van der Waals surface area contributed by atoms with Crippen LogP contribution in [0.4, 0.5) is 0 Å². The van der Waals surface area contributed by atoms with E-state index in [0.29, 0.717) is 5.92 Å². The fraction of sp³-hybridized carbons (Fsp3) is 0.667. The molecule has 0 aliphatic heterocycles. The normalized spacial score (nSPS) is 33.2. The van der Waals surface area contributed by atoms with Crippen LogP contribution < -0.4 is 0 Å². The van der Waals surface area contributed by atoms with Gasteiger partial charge in [0, 0.05) is 5.92 Å². The first-order valence-corrected chi connectivity index (χ1v) is 5.16. The summed E-state index contributed by atoms with van der Waals surface area (Å²) in [5.74, 6) is 0.317. The average molecular weight is 180 g/mol. The Morgan fingerprint density at radius 3 is 2.77 bits per heavy atom. The van der Waals surface area contributed by atoms with Crippen molar-refractivity contribution in [3.05, 3.63) is 23.8 Å². The van der Waals surface area contributed by atoms with E-state index in [1.807, 2.05) is 19.1 Å². The lowest BCUT2D eigenvalue weighted by Crippen LogP contribution is -2.34. The molecule has 0 aromatic rings. The highest BCUT2D eigenvalue weighted by Crippen LogP contribution is 2.33.